The number of halogens is 2. The van der Waals surface area contributed by atoms with E-state index in [-0.39, 0.29) is 23.9 Å². The molecule has 0 bridgehead atoms. The van der Waals surface area contributed by atoms with E-state index < -0.39 is 0 Å². The van der Waals surface area contributed by atoms with Crippen molar-refractivity contribution in [2.24, 2.45) is 5.92 Å². The fourth-order valence-corrected chi connectivity index (χ4v) is 2.63. The maximum atomic E-state index is 13.5. The average molecular weight is 255 g/mol. The number of hydrogen-bond acceptors (Lipinski definition) is 1. The number of ketones is 1. The third kappa shape index (κ3) is 3.29. The Morgan fingerprint density at radius 1 is 1.29 bits per heavy atom. The Morgan fingerprint density at radius 3 is 2.71 bits per heavy atom. The van der Waals surface area contributed by atoms with Crippen LogP contribution >= 0.6 is 11.6 Å². The zero-order valence-electron chi connectivity index (χ0n) is 9.72. The molecule has 2 rings (SSSR count). The quantitative estimate of drug-likeness (QED) is 0.791. The van der Waals surface area contributed by atoms with Crippen LogP contribution in [0.2, 0.25) is 5.02 Å². The summed E-state index contributed by atoms with van der Waals surface area (Å²) in [7, 11) is 0. The van der Waals surface area contributed by atoms with E-state index in [1.165, 1.54) is 18.6 Å². The Kier molecular flexibility index (Phi) is 4.16. The van der Waals surface area contributed by atoms with Crippen molar-refractivity contribution in [3.63, 3.8) is 0 Å². The lowest BCUT2D eigenvalue weighted by Crippen LogP contribution is -2.20. The van der Waals surface area contributed by atoms with Gasteiger partial charge in [0.15, 0.2) is 0 Å². The van der Waals surface area contributed by atoms with Crippen LogP contribution in [0.4, 0.5) is 4.39 Å². The van der Waals surface area contributed by atoms with Gasteiger partial charge in [-0.15, -0.1) is 0 Å². The maximum absolute atomic E-state index is 13.5. The smallest absolute Gasteiger partial charge is 0.140 e. The van der Waals surface area contributed by atoms with Gasteiger partial charge in [0.2, 0.25) is 0 Å². The third-order valence-corrected chi connectivity index (χ3v) is 3.67. The number of Topliss-reactive ketones (excluding diaryl/α,β-unsaturated/α-hetero) is 1. The van der Waals surface area contributed by atoms with Crippen molar-refractivity contribution in [1.82, 2.24) is 0 Å². The molecule has 0 aliphatic heterocycles. The van der Waals surface area contributed by atoms with Crippen LogP contribution < -0.4 is 0 Å². The largest absolute Gasteiger partial charge is 0.299 e. The molecular weight excluding hydrogens is 239 g/mol. The molecule has 0 amide bonds. The van der Waals surface area contributed by atoms with E-state index in [1.54, 1.807) is 6.07 Å². The number of hydrogen-bond donors (Lipinski definition) is 0. The van der Waals surface area contributed by atoms with E-state index >= 15 is 0 Å². The molecule has 1 nitrogen and oxygen atoms in total. The standard InChI is InChI=1S/C14H16ClFO/c15-12-6-7-13(16)11(8-12)9-14(17)10-4-2-1-3-5-10/h6-8,10H,1-5,9H2. The Bertz CT molecular complexity index is 411. The summed E-state index contributed by atoms with van der Waals surface area (Å²) in [5.41, 5.74) is 0.424. The zero-order valence-corrected chi connectivity index (χ0v) is 10.5. The van der Waals surface area contributed by atoms with Gasteiger partial charge in [0.25, 0.3) is 0 Å². The van der Waals surface area contributed by atoms with Crippen LogP contribution in [0, 0.1) is 11.7 Å². The van der Waals surface area contributed by atoms with Crippen LogP contribution in [0.1, 0.15) is 37.7 Å². The summed E-state index contributed by atoms with van der Waals surface area (Å²) in [5.74, 6) is -0.0495. The molecule has 1 fully saturated rings. The molecule has 0 heterocycles. The van der Waals surface area contributed by atoms with Crippen LogP contribution in [0.5, 0.6) is 0 Å². The van der Waals surface area contributed by atoms with Gasteiger partial charge in [-0.3, -0.25) is 4.79 Å². The second-order valence-electron chi connectivity index (χ2n) is 4.71. The van der Waals surface area contributed by atoms with Crippen molar-refractivity contribution in [1.29, 1.82) is 0 Å². The molecule has 0 saturated heterocycles. The van der Waals surface area contributed by atoms with Crippen molar-refractivity contribution in [2.75, 3.05) is 0 Å². The number of carbonyl (C=O) groups is 1. The molecule has 3 heteroatoms. The first-order valence-corrected chi connectivity index (χ1v) is 6.51. The van der Waals surface area contributed by atoms with Gasteiger partial charge in [-0.05, 0) is 36.6 Å². The van der Waals surface area contributed by atoms with Crippen LogP contribution in [-0.2, 0) is 11.2 Å². The highest BCUT2D eigenvalue weighted by atomic mass is 35.5. The summed E-state index contributed by atoms with van der Waals surface area (Å²) >= 11 is 5.81. The molecule has 0 radical (unpaired) electrons. The van der Waals surface area contributed by atoms with E-state index in [0.29, 0.717) is 10.6 Å². The first kappa shape index (κ1) is 12.6. The van der Waals surface area contributed by atoms with Gasteiger partial charge in [0, 0.05) is 17.4 Å². The summed E-state index contributed by atoms with van der Waals surface area (Å²) in [4.78, 5) is 12.0. The molecule has 0 unspecified atom stereocenters. The molecule has 0 aromatic heterocycles. The molecule has 0 N–H and O–H groups in total. The first-order chi connectivity index (χ1) is 8.16. The van der Waals surface area contributed by atoms with E-state index in [4.69, 9.17) is 11.6 Å². The van der Waals surface area contributed by atoms with Crippen LogP contribution in [0.15, 0.2) is 18.2 Å². The fraction of sp³-hybridized carbons (Fsp3) is 0.500. The van der Waals surface area contributed by atoms with Gasteiger partial charge >= 0.3 is 0 Å². The minimum Gasteiger partial charge on any atom is -0.299 e. The summed E-state index contributed by atoms with van der Waals surface area (Å²) < 4.78 is 13.5. The highest BCUT2D eigenvalue weighted by Crippen LogP contribution is 2.26. The topological polar surface area (TPSA) is 17.1 Å². The van der Waals surface area contributed by atoms with Crippen molar-refractivity contribution < 1.29 is 9.18 Å². The van der Waals surface area contributed by atoms with Gasteiger partial charge < -0.3 is 0 Å². The molecule has 92 valence electrons. The highest BCUT2D eigenvalue weighted by molar-refractivity contribution is 6.30. The third-order valence-electron chi connectivity index (χ3n) is 3.43. The molecule has 0 atom stereocenters. The second kappa shape index (κ2) is 5.63. The van der Waals surface area contributed by atoms with Crippen LogP contribution in [-0.4, -0.2) is 5.78 Å². The van der Waals surface area contributed by atoms with Gasteiger partial charge in [0.1, 0.15) is 11.6 Å². The average Bonchev–Trinajstić information content (AvgIpc) is 2.35. The van der Waals surface area contributed by atoms with Gasteiger partial charge in [-0.2, -0.15) is 0 Å². The van der Waals surface area contributed by atoms with Crippen molar-refractivity contribution in [2.45, 2.75) is 38.5 Å². The van der Waals surface area contributed by atoms with Crippen LogP contribution in [0.3, 0.4) is 0 Å². The Hall–Kier alpha value is -0.890. The minimum atomic E-state index is -0.335. The van der Waals surface area contributed by atoms with E-state index in [9.17, 15) is 9.18 Å². The minimum absolute atomic E-state index is 0.127. The summed E-state index contributed by atoms with van der Waals surface area (Å²) in [6, 6.07) is 4.38. The number of rotatable bonds is 3. The number of benzene rings is 1. The lowest BCUT2D eigenvalue weighted by atomic mass is 9.84. The van der Waals surface area contributed by atoms with Crippen molar-refractivity contribution in [3.05, 3.63) is 34.6 Å². The molecule has 1 saturated carbocycles. The predicted molar refractivity (Wildman–Crippen MR) is 66.7 cm³/mol. The van der Waals surface area contributed by atoms with Gasteiger partial charge in [-0.1, -0.05) is 30.9 Å². The highest BCUT2D eigenvalue weighted by Gasteiger charge is 2.21. The predicted octanol–water partition coefficient (Wildman–Crippen LogP) is 4.17. The SMILES string of the molecule is O=C(Cc1cc(Cl)ccc1F)C1CCCCC1. The molecule has 1 aliphatic rings. The number of carbonyl (C=O) groups excluding carboxylic acids is 1. The Morgan fingerprint density at radius 2 is 2.00 bits per heavy atom. The lowest BCUT2D eigenvalue weighted by molar-refractivity contribution is -0.123. The summed E-state index contributed by atoms with van der Waals surface area (Å²) in [6.07, 6.45) is 5.55. The Balaban J connectivity index is 2.04. The monoisotopic (exact) mass is 254 g/mol. The van der Waals surface area contributed by atoms with Crippen LogP contribution in [0.25, 0.3) is 0 Å². The summed E-state index contributed by atoms with van der Waals surface area (Å²) in [5, 5.41) is 0.484. The zero-order chi connectivity index (χ0) is 12.3. The first-order valence-electron chi connectivity index (χ1n) is 6.13. The maximum Gasteiger partial charge on any atom is 0.140 e. The van der Waals surface area contributed by atoms with Gasteiger partial charge in [0.05, 0.1) is 0 Å². The van der Waals surface area contributed by atoms with E-state index in [2.05, 4.69) is 0 Å². The Labute approximate surface area is 106 Å². The molecule has 1 aromatic rings. The molecule has 0 spiro atoms. The second-order valence-corrected chi connectivity index (χ2v) is 5.15. The fourth-order valence-electron chi connectivity index (χ4n) is 2.44. The van der Waals surface area contributed by atoms with Crippen molar-refractivity contribution in [3.8, 4) is 0 Å². The molecular formula is C14H16ClFO. The molecule has 1 aliphatic carbocycles. The van der Waals surface area contributed by atoms with E-state index in [1.807, 2.05) is 0 Å². The normalized spacial score (nSPS) is 17.1. The van der Waals surface area contributed by atoms with Gasteiger partial charge in [-0.25, -0.2) is 4.39 Å². The molecule has 1 aromatic carbocycles. The van der Waals surface area contributed by atoms with Crippen molar-refractivity contribution >= 4 is 17.4 Å². The van der Waals surface area contributed by atoms with E-state index in [0.717, 1.165) is 25.7 Å². The molecule has 17 heavy (non-hydrogen) atoms. The summed E-state index contributed by atoms with van der Waals surface area (Å²) in [6.45, 7) is 0. The lowest BCUT2D eigenvalue weighted by Gasteiger charge is -2.20.